The van der Waals surface area contributed by atoms with Gasteiger partial charge in [-0.3, -0.25) is 14.4 Å². The molecule has 1 saturated heterocycles. The Morgan fingerprint density at radius 1 is 0.842 bits per heavy atom. The summed E-state index contributed by atoms with van der Waals surface area (Å²) in [7, 11) is 0. The number of amides is 2. The normalized spacial score (nSPS) is 19.5. The van der Waals surface area contributed by atoms with Crippen molar-refractivity contribution in [1.82, 2.24) is 10.6 Å². The summed E-state index contributed by atoms with van der Waals surface area (Å²) in [5.41, 5.74) is 1.12. The number of carboxylic acids is 1. The molecule has 1 heterocycles. The predicted octanol–water partition coefficient (Wildman–Crippen LogP) is 4.14. The van der Waals surface area contributed by atoms with Gasteiger partial charge in [0.2, 0.25) is 5.82 Å². The molecule has 3 N–H and O–H groups in total. The molecule has 2 aliphatic rings. The summed E-state index contributed by atoms with van der Waals surface area (Å²) in [4.78, 5) is 38.2. The number of aliphatic carboxylic acids is 1. The maximum absolute atomic E-state index is 14.6. The van der Waals surface area contributed by atoms with Crippen LogP contribution in [-0.4, -0.2) is 55.2 Å². The van der Waals surface area contributed by atoms with Crippen molar-refractivity contribution in [1.29, 1.82) is 0 Å². The van der Waals surface area contributed by atoms with E-state index in [1.165, 1.54) is 25.3 Å². The fourth-order valence-electron chi connectivity index (χ4n) is 4.93. The Balaban J connectivity index is 1.22. The number of carboxylic acid groups (broad SMARTS) is 1. The molecule has 0 unspecified atom stereocenters. The number of anilines is 1. The summed E-state index contributed by atoms with van der Waals surface area (Å²) >= 11 is 0. The van der Waals surface area contributed by atoms with Gasteiger partial charge in [-0.15, -0.1) is 0 Å². The zero-order valence-electron chi connectivity index (χ0n) is 21.2. The fourth-order valence-corrected chi connectivity index (χ4v) is 4.93. The molecule has 2 amide bonds. The van der Waals surface area contributed by atoms with Crippen LogP contribution in [0.25, 0.3) is 0 Å². The predicted molar refractivity (Wildman–Crippen MR) is 138 cm³/mol. The van der Waals surface area contributed by atoms with Crippen LogP contribution in [0.4, 0.5) is 14.5 Å². The minimum atomic E-state index is -1.32. The van der Waals surface area contributed by atoms with Crippen LogP contribution in [-0.2, 0) is 4.79 Å². The molecule has 204 valence electrons. The highest BCUT2D eigenvalue weighted by Gasteiger charge is 2.28. The van der Waals surface area contributed by atoms with Crippen molar-refractivity contribution in [3.05, 3.63) is 59.2 Å². The van der Waals surface area contributed by atoms with Crippen molar-refractivity contribution in [3.63, 3.8) is 0 Å². The summed E-state index contributed by atoms with van der Waals surface area (Å²) in [5.74, 6) is -5.31. The highest BCUT2D eigenvalue weighted by atomic mass is 19.2. The third-order valence-corrected chi connectivity index (χ3v) is 7.16. The number of hydrogen-bond acceptors (Lipinski definition) is 5. The summed E-state index contributed by atoms with van der Waals surface area (Å²) in [5, 5.41) is 14.3. The number of piperidine rings is 1. The first-order chi connectivity index (χ1) is 18.3. The first-order valence-electron chi connectivity index (χ1n) is 13.1. The van der Waals surface area contributed by atoms with Crippen molar-refractivity contribution in [2.45, 2.75) is 51.0 Å². The smallest absolute Gasteiger partial charge is 0.306 e. The number of carbonyl (C=O) groups is 3. The van der Waals surface area contributed by atoms with Gasteiger partial charge in [-0.2, -0.15) is 4.39 Å². The second kappa shape index (κ2) is 12.7. The topological polar surface area (TPSA) is 108 Å². The number of nitrogens with zero attached hydrogens (tertiary/aromatic N) is 1. The van der Waals surface area contributed by atoms with Crippen LogP contribution >= 0.6 is 0 Å². The molecule has 0 aromatic heterocycles. The minimum Gasteiger partial charge on any atom is -0.487 e. The van der Waals surface area contributed by atoms with Gasteiger partial charge < -0.3 is 25.4 Å². The van der Waals surface area contributed by atoms with Crippen molar-refractivity contribution in [3.8, 4) is 5.75 Å². The number of ether oxygens (including phenoxy) is 1. The largest absolute Gasteiger partial charge is 0.487 e. The van der Waals surface area contributed by atoms with E-state index in [2.05, 4.69) is 15.5 Å². The van der Waals surface area contributed by atoms with Gasteiger partial charge >= 0.3 is 5.97 Å². The lowest BCUT2D eigenvalue weighted by molar-refractivity contribution is -0.143. The molecule has 8 nitrogen and oxygen atoms in total. The summed E-state index contributed by atoms with van der Waals surface area (Å²) in [6.07, 6.45) is 4.83. The lowest BCUT2D eigenvalue weighted by Gasteiger charge is -2.28. The number of halogens is 2. The van der Waals surface area contributed by atoms with Crippen molar-refractivity contribution in [2.75, 3.05) is 31.1 Å². The standard InChI is InChI=1S/C28H33F2N3O5/c29-24-22(12-13-23(25(24)30)38-21-10-6-19(7-11-21)28(36)37)27(35)32-15-14-31-26(34)18-4-8-20(9-5-18)33-16-2-1-3-17-33/h4-5,8-9,12-13,19,21H,1-3,6-7,10-11,14-17H2,(H,31,34)(H,32,35)(H,36,37). The van der Waals surface area contributed by atoms with Crippen LogP contribution < -0.4 is 20.3 Å². The molecule has 10 heteroatoms. The van der Waals surface area contributed by atoms with Gasteiger partial charge in [0.15, 0.2) is 11.6 Å². The van der Waals surface area contributed by atoms with Gasteiger partial charge in [0, 0.05) is 37.4 Å². The molecule has 1 aliphatic heterocycles. The first kappa shape index (κ1) is 27.3. The fraction of sp³-hybridized carbons (Fsp3) is 0.464. The van der Waals surface area contributed by atoms with Crippen LogP contribution in [0, 0.1) is 17.6 Å². The SMILES string of the molecule is O=C(NCCNC(=O)c1ccc(OC2CCC(C(=O)O)CC2)c(F)c1F)c1ccc(N2CCCCC2)cc1. The summed E-state index contributed by atoms with van der Waals surface area (Å²) < 4.78 is 34.7. The zero-order chi connectivity index (χ0) is 27.1. The van der Waals surface area contributed by atoms with E-state index in [4.69, 9.17) is 9.84 Å². The van der Waals surface area contributed by atoms with E-state index in [0.29, 0.717) is 31.2 Å². The molecule has 2 fully saturated rings. The van der Waals surface area contributed by atoms with Gasteiger partial charge in [0.05, 0.1) is 17.6 Å². The van der Waals surface area contributed by atoms with Gasteiger partial charge in [0.25, 0.3) is 11.8 Å². The average Bonchev–Trinajstić information content (AvgIpc) is 2.94. The van der Waals surface area contributed by atoms with Crippen LogP contribution in [0.3, 0.4) is 0 Å². The van der Waals surface area contributed by atoms with E-state index in [9.17, 15) is 23.2 Å². The molecule has 38 heavy (non-hydrogen) atoms. The van der Waals surface area contributed by atoms with Crippen LogP contribution in [0.15, 0.2) is 36.4 Å². The quantitative estimate of drug-likeness (QED) is 0.422. The summed E-state index contributed by atoms with van der Waals surface area (Å²) in [6, 6.07) is 9.72. The van der Waals surface area contributed by atoms with Gasteiger partial charge in [-0.25, -0.2) is 4.39 Å². The van der Waals surface area contributed by atoms with Crippen LogP contribution in [0.1, 0.15) is 65.7 Å². The number of benzene rings is 2. The maximum atomic E-state index is 14.6. The van der Waals surface area contributed by atoms with Crippen molar-refractivity contribution >= 4 is 23.5 Å². The van der Waals surface area contributed by atoms with E-state index in [-0.39, 0.29) is 24.7 Å². The molecular formula is C28H33F2N3O5. The van der Waals surface area contributed by atoms with Gasteiger partial charge in [-0.05, 0) is 81.3 Å². The monoisotopic (exact) mass is 529 g/mol. The number of rotatable bonds is 9. The molecule has 0 spiro atoms. The highest BCUT2D eigenvalue weighted by Crippen LogP contribution is 2.30. The first-order valence-corrected chi connectivity index (χ1v) is 13.1. The zero-order valence-corrected chi connectivity index (χ0v) is 21.2. The average molecular weight is 530 g/mol. The Kier molecular flexibility index (Phi) is 9.15. The molecule has 0 atom stereocenters. The van der Waals surface area contributed by atoms with E-state index < -0.39 is 41.1 Å². The molecular weight excluding hydrogens is 496 g/mol. The highest BCUT2D eigenvalue weighted by molar-refractivity contribution is 5.95. The number of carbonyl (C=O) groups excluding carboxylic acids is 2. The van der Waals surface area contributed by atoms with E-state index in [0.717, 1.165) is 24.8 Å². The molecule has 1 saturated carbocycles. The van der Waals surface area contributed by atoms with E-state index in [1.54, 1.807) is 12.1 Å². The van der Waals surface area contributed by atoms with Crippen molar-refractivity contribution in [2.24, 2.45) is 5.92 Å². The number of nitrogens with one attached hydrogen (secondary N) is 2. The molecule has 0 bridgehead atoms. The Morgan fingerprint density at radius 2 is 1.47 bits per heavy atom. The lowest BCUT2D eigenvalue weighted by Crippen LogP contribution is -2.35. The van der Waals surface area contributed by atoms with Crippen LogP contribution in [0.5, 0.6) is 5.75 Å². The Hall–Kier alpha value is -3.69. The number of hydrogen-bond donors (Lipinski definition) is 3. The van der Waals surface area contributed by atoms with E-state index in [1.807, 2.05) is 12.1 Å². The lowest BCUT2D eigenvalue weighted by atomic mass is 9.87. The molecule has 0 radical (unpaired) electrons. The minimum absolute atomic E-state index is 0.0303. The van der Waals surface area contributed by atoms with Crippen LogP contribution in [0.2, 0.25) is 0 Å². The second-order valence-corrected chi connectivity index (χ2v) is 9.78. The third-order valence-electron chi connectivity index (χ3n) is 7.16. The van der Waals surface area contributed by atoms with E-state index >= 15 is 0 Å². The third kappa shape index (κ3) is 6.79. The molecule has 1 aliphatic carbocycles. The molecule has 2 aromatic carbocycles. The molecule has 2 aromatic rings. The van der Waals surface area contributed by atoms with Gasteiger partial charge in [0.1, 0.15) is 0 Å². The van der Waals surface area contributed by atoms with Crippen molar-refractivity contribution < 1.29 is 33.0 Å². The maximum Gasteiger partial charge on any atom is 0.306 e. The van der Waals surface area contributed by atoms with Gasteiger partial charge in [-0.1, -0.05) is 0 Å². The Labute approximate surface area is 220 Å². The molecule has 4 rings (SSSR count). The Morgan fingerprint density at radius 3 is 2.11 bits per heavy atom. The Bertz CT molecular complexity index is 1140. The second-order valence-electron chi connectivity index (χ2n) is 9.78. The summed E-state index contributed by atoms with van der Waals surface area (Å²) in [6.45, 7) is 2.17.